The van der Waals surface area contributed by atoms with Crippen molar-refractivity contribution in [1.82, 2.24) is 19.0 Å². The van der Waals surface area contributed by atoms with Crippen molar-refractivity contribution >= 4 is 17.1 Å². The molecule has 0 N–H and O–H groups in total. The Morgan fingerprint density at radius 3 is 2.49 bits per heavy atom. The van der Waals surface area contributed by atoms with Crippen LogP contribution in [0.5, 0.6) is 17.2 Å². The highest BCUT2D eigenvalue weighted by Gasteiger charge is 2.33. The molecule has 0 spiro atoms. The first-order valence-corrected chi connectivity index (χ1v) is 12.2. The molecule has 1 amide bonds. The van der Waals surface area contributed by atoms with E-state index in [1.807, 2.05) is 69.3 Å². The van der Waals surface area contributed by atoms with Gasteiger partial charge in [-0.3, -0.25) is 14.1 Å². The first kappa shape index (κ1) is 24.4. The zero-order valence-corrected chi connectivity index (χ0v) is 21.4. The number of carbonyl (C=O) groups is 1. The molecule has 1 saturated heterocycles. The standard InChI is InChI=1S/C28H30N4O5/c1-28(2,3)37-27(34)30-15-13-20(18-30)32-24-12-14-29-17-25(24)31(26(32)33)19-8-10-21(11-9-19)36-23-7-5-6-22(16-23)35-4/h5-12,14,16-17,20H,13,15,18H2,1-4H3/t20-/m1/s1. The molecule has 3 heterocycles. The zero-order chi connectivity index (χ0) is 26.2. The van der Waals surface area contributed by atoms with Gasteiger partial charge in [-0.1, -0.05) is 6.07 Å². The molecule has 1 fully saturated rings. The van der Waals surface area contributed by atoms with Gasteiger partial charge in [-0.05, 0) is 69.7 Å². The average Bonchev–Trinajstić information content (AvgIpc) is 3.46. The second-order valence-electron chi connectivity index (χ2n) is 10.00. The molecule has 2 aromatic carbocycles. The Labute approximate surface area is 214 Å². The van der Waals surface area contributed by atoms with Gasteiger partial charge < -0.3 is 19.1 Å². The Kier molecular flexibility index (Phi) is 6.37. The van der Waals surface area contributed by atoms with Gasteiger partial charge in [-0.2, -0.15) is 0 Å². The lowest BCUT2D eigenvalue weighted by molar-refractivity contribution is 0.0289. The van der Waals surface area contributed by atoms with Crippen molar-refractivity contribution in [2.45, 2.75) is 38.8 Å². The van der Waals surface area contributed by atoms with Gasteiger partial charge in [0.2, 0.25) is 0 Å². The maximum absolute atomic E-state index is 13.7. The number of aromatic nitrogens is 3. The van der Waals surface area contributed by atoms with E-state index in [0.29, 0.717) is 48.0 Å². The minimum Gasteiger partial charge on any atom is -0.497 e. The molecule has 4 aromatic rings. The van der Waals surface area contributed by atoms with Crippen molar-refractivity contribution in [2.24, 2.45) is 0 Å². The number of imidazole rings is 1. The van der Waals surface area contributed by atoms with Crippen LogP contribution in [0.25, 0.3) is 16.7 Å². The number of methoxy groups -OCH3 is 1. The van der Waals surface area contributed by atoms with Crippen molar-refractivity contribution in [2.75, 3.05) is 20.2 Å². The van der Waals surface area contributed by atoms with Crippen molar-refractivity contribution < 1.29 is 19.0 Å². The Morgan fingerprint density at radius 2 is 1.76 bits per heavy atom. The summed E-state index contributed by atoms with van der Waals surface area (Å²) in [6.07, 6.45) is 3.66. The molecule has 192 valence electrons. The molecule has 9 nitrogen and oxygen atoms in total. The van der Waals surface area contributed by atoms with E-state index in [2.05, 4.69) is 4.98 Å². The number of likely N-dealkylation sites (tertiary alicyclic amines) is 1. The number of rotatable bonds is 5. The normalized spacial score (nSPS) is 15.7. The number of benzene rings is 2. The zero-order valence-electron chi connectivity index (χ0n) is 21.4. The molecule has 0 aliphatic carbocycles. The SMILES string of the molecule is COc1cccc(Oc2ccc(-n3c(=O)n([C@@H]4CCN(C(=O)OC(C)(C)C)C4)c4ccncc43)cc2)c1. The lowest BCUT2D eigenvalue weighted by Crippen LogP contribution is -2.36. The highest BCUT2D eigenvalue weighted by molar-refractivity contribution is 5.77. The average molecular weight is 503 g/mol. The molecule has 1 aliphatic rings. The van der Waals surface area contributed by atoms with Crippen LogP contribution in [0.4, 0.5) is 4.79 Å². The van der Waals surface area contributed by atoms with Gasteiger partial charge in [-0.15, -0.1) is 0 Å². The van der Waals surface area contributed by atoms with Gasteiger partial charge in [0.1, 0.15) is 22.8 Å². The molecule has 0 saturated carbocycles. The van der Waals surface area contributed by atoms with Crippen LogP contribution >= 0.6 is 0 Å². The quantitative estimate of drug-likeness (QED) is 0.374. The van der Waals surface area contributed by atoms with E-state index in [1.165, 1.54) is 0 Å². The smallest absolute Gasteiger partial charge is 0.410 e. The summed E-state index contributed by atoms with van der Waals surface area (Å²) >= 11 is 0. The number of hydrogen-bond donors (Lipinski definition) is 0. The highest BCUT2D eigenvalue weighted by Crippen LogP contribution is 2.29. The van der Waals surface area contributed by atoms with E-state index < -0.39 is 5.60 Å². The van der Waals surface area contributed by atoms with Gasteiger partial charge in [0, 0.05) is 25.4 Å². The monoisotopic (exact) mass is 502 g/mol. The summed E-state index contributed by atoms with van der Waals surface area (Å²) in [4.78, 5) is 32.3. The van der Waals surface area contributed by atoms with E-state index in [1.54, 1.807) is 39.6 Å². The van der Waals surface area contributed by atoms with Crippen LogP contribution in [-0.4, -0.2) is 50.9 Å². The molecular formula is C28H30N4O5. The van der Waals surface area contributed by atoms with E-state index in [0.717, 1.165) is 5.52 Å². The van der Waals surface area contributed by atoms with Crippen LogP contribution in [0.2, 0.25) is 0 Å². The molecule has 37 heavy (non-hydrogen) atoms. The van der Waals surface area contributed by atoms with Crippen molar-refractivity contribution in [3.63, 3.8) is 0 Å². The molecule has 0 radical (unpaired) electrons. The number of ether oxygens (including phenoxy) is 3. The summed E-state index contributed by atoms with van der Waals surface area (Å²) in [7, 11) is 1.61. The third kappa shape index (κ3) is 5.02. The van der Waals surface area contributed by atoms with Crippen LogP contribution in [0, 0.1) is 0 Å². The van der Waals surface area contributed by atoms with Crippen molar-refractivity contribution in [1.29, 1.82) is 0 Å². The largest absolute Gasteiger partial charge is 0.497 e. The van der Waals surface area contributed by atoms with Crippen molar-refractivity contribution in [3.8, 4) is 22.9 Å². The summed E-state index contributed by atoms with van der Waals surface area (Å²) in [6, 6.07) is 16.4. The fraction of sp³-hybridized carbons (Fsp3) is 0.321. The molecule has 2 aromatic heterocycles. The highest BCUT2D eigenvalue weighted by atomic mass is 16.6. The third-order valence-corrected chi connectivity index (χ3v) is 6.23. The van der Waals surface area contributed by atoms with Crippen molar-refractivity contribution in [3.05, 3.63) is 77.5 Å². The molecule has 0 unspecified atom stereocenters. The predicted octanol–water partition coefficient (Wildman–Crippen LogP) is 5.17. The van der Waals surface area contributed by atoms with Crippen LogP contribution in [0.15, 0.2) is 71.8 Å². The number of fused-ring (bicyclic) bond motifs is 1. The van der Waals surface area contributed by atoms with E-state index in [4.69, 9.17) is 14.2 Å². The Bertz CT molecular complexity index is 1480. The van der Waals surface area contributed by atoms with Gasteiger partial charge >= 0.3 is 11.8 Å². The minimum absolute atomic E-state index is 0.165. The second kappa shape index (κ2) is 9.65. The lowest BCUT2D eigenvalue weighted by atomic mass is 10.2. The molecular weight excluding hydrogens is 472 g/mol. The van der Waals surface area contributed by atoms with Gasteiger partial charge in [-0.25, -0.2) is 9.59 Å². The summed E-state index contributed by atoms with van der Waals surface area (Å²) in [5, 5.41) is 0. The van der Waals surface area contributed by atoms with E-state index in [9.17, 15) is 9.59 Å². The maximum atomic E-state index is 13.7. The summed E-state index contributed by atoms with van der Waals surface area (Å²) in [5.41, 5.74) is 1.41. The first-order chi connectivity index (χ1) is 17.7. The van der Waals surface area contributed by atoms with Crippen LogP contribution in [-0.2, 0) is 4.74 Å². The summed E-state index contributed by atoms with van der Waals surface area (Å²) in [5.74, 6) is 2.00. The lowest BCUT2D eigenvalue weighted by Gasteiger charge is -2.24. The third-order valence-electron chi connectivity index (χ3n) is 6.23. The van der Waals surface area contributed by atoms with E-state index in [-0.39, 0.29) is 17.8 Å². The first-order valence-electron chi connectivity index (χ1n) is 12.2. The summed E-state index contributed by atoms with van der Waals surface area (Å²) < 4.78 is 20.1. The van der Waals surface area contributed by atoms with Crippen LogP contribution in [0.3, 0.4) is 0 Å². The molecule has 9 heteroatoms. The number of nitrogens with zero attached hydrogens (tertiary/aromatic N) is 4. The Balaban J connectivity index is 1.43. The minimum atomic E-state index is -0.573. The van der Waals surface area contributed by atoms with Gasteiger partial charge in [0.05, 0.1) is 36.1 Å². The maximum Gasteiger partial charge on any atom is 0.410 e. The Morgan fingerprint density at radius 1 is 1.00 bits per heavy atom. The summed E-state index contributed by atoms with van der Waals surface area (Å²) in [6.45, 7) is 6.47. The van der Waals surface area contributed by atoms with Crippen LogP contribution in [0.1, 0.15) is 33.2 Å². The number of carbonyl (C=O) groups excluding carboxylic acids is 1. The van der Waals surface area contributed by atoms with Crippen LogP contribution < -0.4 is 15.2 Å². The predicted molar refractivity (Wildman–Crippen MR) is 140 cm³/mol. The molecule has 5 rings (SSSR count). The second-order valence-corrected chi connectivity index (χ2v) is 10.00. The fourth-order valence-electron chi connectivity index (χ4n) is 4.58. The van der Waals surface area contributed by atoms with Gasteiger partial charge in [0.15, 0.2) is 0 Å². The molecule has 1 aliphatic heterocycles. The fourth-order valence-corrected chi connectivity index (χ4v) is 4.58. The van der Waals surface area contributed by atoms with E-state index >= 15 is 0 Å². The number of pyridine rings is 1. The number of hydrogen-bond acceptors (Lipinski definition) is 6. The topological polar surface area (TPSA) is 87.8 Å². The Hall–Kier alpha value is -4.27. The number of amides is 1. The molecule has 1 atom stereocenters. The molecule has 0 bridgehead atoms. The van der Waals surface area contributed by atoms with Gasteiger partial charge in [0.25, 0.3) is 0 Å².